The van der Waals surface area contributed by atoms with Crippen molar-refractivity contribution in [3.05, 3.63) is 53.1 Å². The molecule has 30 heavy (non-hydrogen) atoms. The quantitative estimate of drug-likeness (QED) is 0.759. The smallest absolute Gasteiger partial charge is 0.226 e. The zero-order chi connectivity index (χ0) is 22.1. The van der Waals surface area contributed by atoms with Gasteiger partial charge in [-0.1, -0.05) is 13.0 Å². The summed E-state index contributed by atoms with van der Waals surface area (Å²) in [6.45, 7) is 7.72. The summed E-state index contributed by atoms with van der Waals surface area (Å²) in [4.78, 5) is 26.4. The third-order valence-electron chi connectivity index (χ3n) is 5.59. The topological polar surface area (TPSA) is 83.6 Å². The molecule has 7 heteroatoms. The fraction of sp³-hybridized carbons (Fsp3) is 0.391. The van der Waals surface area contributed by atoms with Crippen molar-refractivity contribution in [3.8, 4) is 0 Å². The largest absolute Gasteiger partial charge is 0.326 e. The van der Waals surface area contributed by atoms with Crippen molar-refractivity contribution in [2.75, 3.05) is 16.0 Å². The molecule has 2 amide bonds. The molecule has 1 aliphatic heterocycles. The SMILES string of the molecule is CCC(=O)N1c2ccc(S(=O)(=O)CCC(=O)Nc3ccc(C)c(C)c3)cc2C[C@@H]1C. The van der Waals surface area contributed by atoms with Crippen LogP contribution in [0, 0.1) is 13.8 Å². The maximum Gasteiger partial charge on any atom is 0.226 e. The van der Waals surface area contributed by atoms with Crippen molar-refractivity contribution in [3.63, 3.8) is 0 Å². The summed E-state index contributed by atoms with van der Waals surface area (Å²) in [6.07, 6.45) is 0.903. The van der Waals surface area contributed by atoms with Gasteiger partial charge in [-0.3, -0.25) is 9.59 Å². The van der Waals surface area contributed by atoms with Crippen LogP contribution in [0.4, 0.5) is 11.4 Å². The molecule has 6 nitrogen and oxygen atoms in total. The van der Waals surface area contributed by atoms with E-state index in [2.05, 4.69) is 5.32 Å². The van der Waals surface area contributed by atoms with Gasteiger partial charge in [0.05, 0.1) is 10.6 Å². The highest BCUT2D eigenvalue weighted by atomic mass is 32.2. The van der Waals surface area contributed by atoms with E-state index in [1.54, 1.807) is 23.1 Å². The van der Waals surface area contributed by atoms with Crippen LogP contribution < -0.4 is 10.2 Å². The van der Waals surface area contributed by atoms with Crippen molar-refractivity contribution in [2.24, 2.45) is 0 Å². The van der Waals surface area contributed by atoms with Crippen LogP contribution in [0.3, 0.4) is 0 Å². The van der Waals surface area contributed by atoms with E-state index < -0.39 is 9.84 Å². The summed E-state index contributed by atoms with van der Waals surface area (Å²) in [5, 5.41) is 2.76. The first kappa shape index (κ1) is 22.0. The molecule has 1 atom stereocenters. The molecule has 1 N–H and O–H groups in total. The molecule has 0 aromatic heterocycles. The Morgan fingerprint density at radius 3 is 2.50 bits per heavy atom. The third kappa shape index (κ3) is 4.56. The van der Waals surface area contributed by atoms with Crippen molar-refractivity contribution < 1.29 is 18.0 Å². The van der Waals surface area contributed by atoms with E-state index in [-0.39, 0.29) is 34.9 Å². The first-order chi connectivity index (χ1) is 14.1. The van der Waals surface area contributed by atoms with Gasteiger partial charge < -0.3 is 10.2 Å². The number of fused-ring (bicyclic) bond motifs is 1. The average molecular weight is 429 g/mol. The second kappa shape index (κ2) is 8.60. The molecule has 0 aliphatic carbocycles. The van der Waals surface area contributed by atoms with E-state index in [1.165, 1.54) is 6.07 Å². The van der Waals surface area contributed by atoms with Crippen LogP contribution in [-0.4, -0.2) is 32.0 Å². The van der Waals surface area contributed by atoms with Gasteiger partial charge in [0, 0.05) is 30.3 Å². The monoisotopic (exact) mass is 428 g/mol. The standard InChI is InChI=1S/C23H28N2O4S/c1-5-23(27)25-17(4)13-18-14-20(8-9-21(18)25)30(28,29)11-10-22(26)24-19-7-6-15(2)16(3)12-19/h6-9,12,14,17H,5,10-11,13H2,1-4H3,(H,24,26)/t17-/m0/s1. The van der Waals surface area contributed by atoms with Crippen molar-refractivity contribution in [1.29, 1.82) is 0 Å². The molecule has 0 spiro atoms. The van der Waals surface area contributed by atoms with Crippen LogP contribution in [0.5, 0.6) is 0 Å². The highest BCUT2D eigenvalue weighted by Crippen LogP contribution is 2.34. The molecule has 3 rings (SSSR count). The Hall–Kier alpha value is -2.67. The minimum atomic E-state index is -3.61. The Morgan fingerprint density at radius 2 is 1.83 bits per heavy atom. The molecule has 0 unspecified atom stereocenters. The molecule has 0 bridgehead atoms. The van der Waals surface area contributed by atoms with Crippen LogP contribution in [0.25, 0.3) is 0 Å². The first-order valence-electron chi connectivity index (χ1n) is 10.2. The third-order valence-corrected chi connectivity index (χ3v) is 7.30. The van der Waals surface area contributed by atoms with E-state index in [0.717, 1.165) is 22.4 Å². The zero-order valence-corrected chi connectivity index (χ0v) is 18.7. The normalized spacial score (nSPS) is 15.7. The summed E-state index contributed by atoms with van der Waals surface area (Å²) < 4.78 is 25.6. The number of rotatable bonds is 6. The molecular formula is C23H28N2O4S. The van der Waals surface area contributed by atoms with E-state index in [1.807, 2.05) is 39.8 Å². The fourth-order valence-electron chi connectivity index (χ4n) is 3.74. The number of carbonyl (C=O) groups excluding carboxylic acids is 2. The number of sulfone groups is 1. The minimum Gasteiger partial charge on any atom is -0.326 e. The van der Waals surface area contributed by atoms with E-state index in [0.29, 0.717) is 18.5 Å². The number of amides is 2. The summed E-state index contributed by atoms with van der Waals surface area (Å²) in [6, 6.07) is 10.5. The molecular weight excluding hydrogens is 400 g/mol. The lowest BCUT2D eigenvalue weighted by atomic mass is 10.1. The van der Waals surface area contributed by atoms with Crippen LogP contribution >= 0.6 is 0 Å². The number of nitrogens with zero attached hydrogens (tertiary/aromatic N) is 1. The van der Waals surface area contributed by atoms with Crippen molar-refractivity contribution >= 4 is 33.0 Å². The van der Waals surface area contributed by atoms with Crippen molar-refractivity contribution in [2.45, 2.75) is 57.9 Å². The molecule has 0 radical (unpaired) electrons. The number of nitrogens with one attached hydrogen (secondary N) is 1. The Balaban J connectivity index is 1.69. The lowest BCUT2D eigenvalue weighted by Gasteiger charge is -2.22. The second-order valence-electron chi connectivity index (χ2n) is 7.88. The predicted octanol–water partition coefficient (Wildman–Crippen LogP) is 3.79. The number of benzene rings is 2. The van der Waals surface area contributed by atoms with E-state index in [4.69, 9.17) is 0 Å². The molecule has 0 saturated carbocycles. The van der Waals surface area contributed by atoms with Crippen LogP contribution in [0.1, 0.15) is 43.4 Å². The maximum absolute atomic E-state index is 12.8. The summed E-state index contributed by atoms with van der Waals surface area (Å²) in [5.74, 6) is -0.577. The Labute approximate surface area is 178 Å². The fourth-order valence-corrected chi connectivity index (χ4v) is 5.03. The average Bonchev–Trinajstić information content (AvgIpc) is 3.03. The summed E-state index contributed by atoms with van der Waals surface area (Å²) in [7, 11) is -3.61. The number of aryl methyl sites for hydroxylation is 2. The Bertz CT molecular complexity index is 1090. The van der Waals surface area contributed by atoms with Gasteiger partial charge in [-0.05, 0) is 74.2 Å². The lowest BCUT2D eigenvalue weighted by molar-refractivity contribution is -0.118. The molecule has 160 valence electrons. The highest BCUT2D eigenvalue weighted by Gasteiger charge is 2.31. The van der Waals surface area contributed by atoms with Crippen LogP contribution in [0.15, 0.2) is 41.3 Å². The molecule has 0 saturated heterocycles. The van der Waals surface area contributed by atoms with E-state index >= 15 is 0 Å². The van der Waals surface area contributed by atoms with Gasteiger partial charge in [-0.2, -0.15) is 0 Å². The van der Waals surface area contributed by atoms with E-state index in [9.17, 15) is 18.0 Å². The lowest BCUT2D eigenvalue weighted by Crippen LogP contribution is -2.35. The summed E-state index contributed by atoms with van der Waals surface area (Å²) >= 11 is 0. The van der Waals surface area contributed by atoms with Gasteiger partial charge in [0.1, 0.15) is 0 Å². The second-order valence-corrected chi connectivity index (χ2v) is 9.99. The van der Waals surface area contributed by atoms with Gasteiger partial charge in [0.2, 0.25) is 11.8 Å². The predicted molar refractivity (Wildman–Crippen MR) is 119 cm³/mol. The summed E-state index contributed by atoms with van der Waals surface area (Å²) in [5.41, 5.74) is 4.47. The van der Waals surface area contributed by atoms with Crippen LogP contribution in [0.2, 0.25) is 0 Å². The number of hydrogen-bond donors (Lipinski definition) is 1. The zero-order valence-electron chi connectivity index (χ0n) is 17.9. The van der Waals surface area contributed by atoms with Gasteiger partial charge in [-0.15, -0.1) is 0 Å². The number of hydrogen-bond acceptors (Lipinski definition) is 4. The van der Waals surface area contributed by atoms with Gasteiger partial charge in [-0.25, -0.2) is 8.42 Å². The first-order valence-corrected chi connectivity index (χ1v) is 11.8. The number of carbonyl (C=O) groups is 2. The number of anilines is 2. The molecule has 1 aliphatic rings. The minimum absolute atomic E-state index is 0.00847. The van der Waals surface area contributed by atoms with Crippen molar-refractivity contribution in [1.82, 2.24) is 0 Å². The molecule has 0 fully saturated rings. The molecule has 1 heterocycles. The highest BCUT2D eigenvalue weighted by molar-refractivity contribution is 7.91. The van der Waals surface area contributed by atoms with Gasteiger partial charge in [0.15, 0.2) is 9.84 Å². The molecule has 2 aromatic rings. The van der Waals surface area contributed by atoms with Gasteiger partial charge >= 0.3 is 0 Å². The van der Waals surface area contributed by atoms with Gasteiger partial charge in [0.25, 0.3) is 0 Å². The van der Waals surface area contributed by atoms with Crippen LogP contribution in [-0.2, 0) is 25.8 Å². The maximum atomic E-state index is 12.8. The Morgan fingerprint density at radius 1 is 1.10 bits per heavy atom. The molecule has 2 aromatic carbocycles. The Kier molecular flexibility index (Phi) is 6.31.